The molecule has 3 rings (SSSR count). The van der Waals surface area contributed by atoms with Gasteiger partial charge in [0.25, 0.3) is 0 Å². The van der Waals surface area contributed by atoms with Gasteiger partial charge in [-0.25, -0.2) is 4.57 Å². The summed E-state index contributed by atoms with van der Waals surface area (Å²) in [5.74, 6) is 0.621. The number of allylic oxidation sites excluding steroid dienone is 1. The van der Waals surface area contributed by atoms with Crippen LogP contribution >= 0.6 is 7.82 Å². The first-order valence-electron chi connectivity index (χ1n) is 7.88. The molecule has 2 aromatic rings. The largest absolute Gasteiger partial charge is 0.466 e. The van der Waals surface area contributed by atoms with E-state index in [0.29, 0.717) is 5.92 Å². The topological polar surface area (TPSA) is 77.8 Å². The molecule has 0 heterocycles. The zero-order valence-electron chi connectivity index (χ0n) is 13.2. The Bertz CT molecular complexity index is 719. The van der Waals surface area contributed by atoms with Gasteiger partial charge >= 0.3 is 7.82 Å². The molecule has 2 aromatic carbocycles. The highest BCUT2D eigenvalue weighted by Crippen LogP contribution is 2.37. The van der Waals surface area contributed by atoms with Gasteiger partial charge in [-0.15, -0.1) is 0 Å². The van der Waals surface area contributed by atoms with Gasteiger partial charge in [0.15, 0.2) is 0 Å². The quantitative estimate of drug-likeness (QED) is 0.564. The minimum atomic E-state index is -4.64. The third-order valence-corrected chi connectivity index (χ3v) is 4.00. The monoisotopic (exact) mass is 334 g/mol. The summed E-state index contributed by atoms with van der Waals surface area (Å²) in [7, 11) is -4.64. The van der Waals surface area contributed by atoms with Crippen molar-refractivity contribution in [2.45, 2.75) is 38.5 Å². The minimum absolute atomic E-state index is 0.621. The van der Waals surface area contributed by atoms with Crippen LogP contribution in [0, 0.1) is 0 Å². The van der Waals surface area contributed by atoms with Crippen LogP contribution in [0.15, 0.2) is 42.5 Å². The maximum absolute atomic E-state index is 8.88. The van der Waals surface area contributed by atoms with Crippen LogP contribution in [0.2, 0.25) is 0 Å². The second-order valence-electron chi connectivity index (χ2n) is 5.77. The highest BCUT2D eigenvalue weighted by atomic mass is 31.2. The molecule has 1 aliphatic carbocycles. The van der Waals surface area contributed by atoms with Crippen molar-refractivity contribution in [2.75, 3.05) is 0 Å². The van der Waals surface area contributed by atoms with Crippen molar-refractivity contribution in [3.63, 3.8) is 0 Å². The van der Waals surface area contributed by atoms with Crippen molar-refractivity contribution >= 4 is 24.7 Å². The van der Waals surface area contributed by atoms with E-state index in [2.05, 4.69) is 55.5 Å². The first kappa shape index (κ1) is 17.9. The fourth-order valence-corrected chi connectivity index (χ4v) is 3.04. The van der Waals surface area contributed by atoms with Crippen molar-refractivity contribution in [3.8, 4) is 0 Å². The lowest BCUT2D eigenvalue weighted by Crippen LogP contribution is -2.01. The highest BCUT2D eigenvalue weighted by molar-refractivity contribution is 7.45. The molecule has 0 amide bonds. The molecule has 1 atom stereocenters. The fourth-order valence-electron chi connectivity index (χ4n) is 3.04. The van der Waals surface area contributed by atoms with E-state index >= 15 is 0 Å². The summed E-state index contributed by atoms with van der Waals surface area (Å²) in [4.78, 5) is 21.6. The van der Waals surface area contributed by atoms with Crippen molar-refractivity contribution in [1.82, 2.24) is 0 Å². The first-order chi connectivity index (χ1) is 10.9. The lowest BCUT2D eigenvalue weighted by molar-refractivity contribution is 0.275. The average Bonchev–Trinajstić information content (AvgIpc) is 2.48. The van der Waals surface area contributed by atoms with Crippen LogP contribution in [0.4, 0.5) is 0 Å². The molecule has 0 spiro atoms. The van der Waals surface area contributed by atoms with Gasteiger partial charge in [0.1, 0.15) is 0 Å². The third-order valence-electron chi connectivity index (χ3n) is 4.00. The fraction of sp³-hybridized carbons (Fsp3) is 0.333. The van der Waals surface area contributed by atoms with Gasteiger partial charge < -0.3 is 14.7 Å². The minimum Gasteiger partial charge on any atom is -0.303 e. The van der Waals surface area contributed by atoms with Crippen molar-refractivity contribution < 1.29 is 19.2 Å². The van der Waals surface area contributed by atoms with Crippen LogP contribution in [0.25, 0.3) is 16.8 Å². The van der Waals surface area contributed by atoms with Gasteiger partial charge in [-0.05, 0) is 28.3 Å². The molecule has 0 bridgehead atoms. The Hall–Kier alpha value is -1.45. The zero-order valence-corrected chi connectivity index (χ0v) is 14.1. The Morgan fingerprint density at radius 1 is 1.04 bits per heavy atom. The molecule has 0 radical (unpaired) electrons. The van der Waals surface area contributed by atoms with Crippen molar-refractivity contribution in [2.24, 2.45) is 0 Å². The second-order valence-corrected chi connectivity index (χ2v) is 6.79. The molecule has 1 unspecified atom stereocenters. The number of benzene rings is 2. The van der Waals surface area contributed by atoms with Gasteiger partial charge in [-0.1, -0.05) is 74.7 Å². The van der Waals surface area contributed by atoms with Crippen molar-refractivity contribution in [3.05, 3.63) is 53.6 Å². The summed E-state index contributed by atoms with van der Waals surface area (Å²) in [6.07, 6.45) is 9.99. The first-order valence-corrected chi connectivity index (χ1v) is 9.45. The van der Waals surface area contributed by atoms with Gasteiger partial charge in [0, 0.05) is 5.92 Å². The Kier molecular flexibility index (Phi) is 6.14. The standard InChI is InChI=1S/C18H20.H3O4P/c1-2-3-4-7-14-12-13-16-9-5-8-15-10-6-11-17(14)18(15)16;1-5(2,3)4/h5-6,8-14H,2-4,7H2,1H3;(H3,1,2,3,4). The van der Waals surface area contributed by atoms with Crippen molar-refractivity contribution in [1.29, 1.82) is 0 Å². The zero-order chi connectivity index (χ0) is 16.9. The normalized spacial score (nSPS) is 16.1. The Balaban J connectivity index is 0.000000338. The molecule has 0 fully saturated rings. The number of phosphoric acid groups is 1. The number of unbranched alkanes of at least 4 members (excludes halogenated alkanes) is 2. The van der Waals surface area contributed by atoms with Crippen LogP contribution in [0.3, 0.4) is 0 Å². The summed E-state index contributed by atoms with van der Waals surface area (Å²) in [6, 6.07) is 13.3. The second kappa shape index (κ2) is 7.89. The van der Waals surface area contributed by atoms with E-state index < -0.39 is 7.82 Å². The molecule has 124 valence electrons. The van der Waals surface area contributed by atoms with Crippen LogP contribution in [0.1, 0.15) is 49.7 Å². The van der Waals surface area contributed by atoms with Gasteiger partial charge in [-0.3, -0.25) is 0 Å². The maximum Gasteiger partial charge on any atom is 0.466 e. The highest BCUT2D eigenvalue weighted by Gasteiger charge is 2.16. The number of hydrogen-bond acceptors (Lipinski definition) is 1. The molecule has 4 nitrogen and oxygen atoms in total. The van der Waals surface area contributed by atoms with E-state index in [1.54, 1.807) is 0 Å². The van der Waals surface area contributed by atoms with E-state index in [-0.39, 0.29) is 0 Å². The Morgan fingerprint density at radius 2 is 1.70 bits per heavy atom. The van der Waals surface area contributed by atoms with Gasteiger partial charge in [-0.2, -0.15) is 0 Å². The predicted molar refractivity (Wildman–Crippen MR) is 94.1 cm³/mol. The van der Waals surface area contributed by atoms with Gasteiger partial charge in [0.05, 0.1) is 0 Å². The average molecular weight is 334 g/mol. The van der Waals surface area contributed by atoms with Crippen LogP contribution in [-0.2, 0) is 4.57 Å². The molecule has 5 heteroatoms. The smallest absolute Gasteiger partial charge is 0.303 e. The summed E-state index contributed by atoms with van der Waals surface area (Å²) in [5.41, 5.74) is 2.91. The lowest BCUT2D eigenvalue weighted by Gasteiger charge is -2.21. The van der Waals surface area contributed by atoms with E-state index in [4.69, 9.17) is 19.2 Å². The molecule has 0 saturated heterocycles. The molecule has 0 aromatic heterocycles. The molecular formula is C18H23O4P. The van der Waals surface area contributed by atoms with Gasteiger partial charge in [0.2, 0.25) is 0 Å². The van der Waals surface area contributed by atoms with Crippen LogP contribution in [0.5, 0.6) is 0 Å². The molecular weight excluding hydrogens is 311 g/mol. The van der Waals surface area contributed by atoms with E-state index in [1.807, 2.05) is 0 Å². The molecule has 3 N–H and O–H groups in total. The summed E-state index contributed by atoms with van der Waals surface area (Å²) in [6.45, 7) is 2.27. The number of hydrogen-bond donors (Lipinski definition) is 3. The van der Waals surface area contributed by atoms with E-state index in [1.165, 1.54) is 47.6 Å². The third kappa shape index (κ3) is 5.29. The lowest BCUT2D eigenvalue weighted by atomic mass is 9.83. The van der Waals surface area contributed by atoms with E-state index in [9.17, 15) is 0 Å². The molecule has 0 aliphatic heterocycles. The molecule has 0 saturated carbocycles. The summed E-state index contributed by atoms with van der Waals surface area (Å²) in [5, 5.41) is 2.86. The Labute approximate surface area is 136 Å². The molecule has 23 heavy (non-hydrogen) atoms. The van der Waals surface area contributed by atoms with Crippen LogP contribution in [-0.4, -0.2) is 14.7 Å². The Morgan fingerprint density at radius 3 is 2.35 bits per heavy atom. The van der Waals surface area contributed by atoms with E-state index in [0.717, 1.165) is 0 Å². The molecule has 1 aliphatic rings. The summed E-state index contributed by atoms with van der Waals surface area (Å²) < 4.78 is 8.88. The van der Waals surface area contributed by atoms with Crippen LogP contribution < -0.4 is 0 Å². The summed E-state index contributed by atoms with van der Waals surface area (Å²) >= 11 is 0. The maximum atomic E-state index is 8.88. The predicted octanol–water partition coefficient (Wildman–Crippen LogP) is 4.60. The SMILES string of the molecule is CCCCCC1C=Cc2cccc3cccc1c23.O=P(O)(O)O. The number of rotatable bonds is 4.